The Bertz CT molecular complexity index is 803. The van der Waals surface area contributed by atoms with Crippen LogP contribution in [0.3, 0.4) is 0 Å². The number of benzene rings is 2. The first-order chi connectivity index (χ1) is 11.1. The lowest BCUT2D eigenvalue weighted by atomic mass is 10.1. The van der Waals surface area contributed by atoms with Gasteiger partial charge in [0.05, 0.1) is 11.3 Å². The molecule has 0 aliphatic heterocycles. The normalized spacial score (nSPS) is 12.2. The first-order valence-electron chi connectivity index (χ1n) is 6.83. The van der Waals surface area contributed by atoms with Crippen LogP contribution >= 0.6 is 0 Å². The Kier molecular flexibility index (Phi) is 5.05. The molecule has 0 atom stereocenters. The van der Waals surface area contributed by atoms with Gasteiger partial charge in [-0.15, -0.1) is 0 Å². The molecule has 0 unspecified atom stereocenters. The summed E-state index contributed by atoms with van der Waals surface area (Å²) in [6.45, 7) is 0. The SMILES string of the molecule is CN(C)S(=O)(=O)Nc1ccc(Nc2ccccc2C(F)(F)F)cc1. The zero-order valence-corrected chi connectivity index (χ0v) is 13.7. The van der Waals surface area contributed by atoms with Crippen molar-refractivity contribution >= 4 is 27.3 Å². The fraction of sp³-hybridized carbons (Fsp3) is 0.200. The summed E-state index contributed by atoms with van der Waals surface area (Å²) < 4.78 is 65.6. The molecule has 2 aromatic carbocycles. The standard InChI is InChI=1S/C15H16F3N3O2S/c1-21(2)24(22,23)20-12-9-7-11(8-10-12)19-14-6-4-3-5-13(14)15(16,17)18/h3-10,19-20H,1-2H3. The molecule has 0 aliphatic carbocycles. The molecule has 0 spiro atoms. The number of hydrogen-bond acceptors (Lipinski definition) is 3. The summed E-state index contributed by atoms with van der Waals surface area (Å²) in [5.41, 5.74) is -0.146. The highest BCUT2D eigenvalue weighted by Crippen LogP contribution is 2.35. The fourth-order valence-electron chi connectivity index (χ4n) is 1.86. The van der Waals surface area contributed by atoms with Crippen LogP contribution in [0.15, 0.2) is 48.5 Å². The fourth-order valence-corrected chi connectivity index (χ4v) is 2.47. The van der Waals surface area contributed by atoms with Crippen LogP contribution in [0.2, 0.25) is 0 Å². The molecular weight excluding hydrogens is 343 g/mol. The summed E-state index contributed by atoms with van der Waals surface area (Å²) in [7, 11) is -0.872. The van der Waals surface area contributed by atoms with Crippen LogP contribution < -0.4 is 10.0 Å². The molecule has 2 aromatic rings. The van der Waals surface area contributed by atoms with E-state index in [2.05, 4.69) is 10.0 Å². The van der Waals surface area contributed by atoms with Crippen molar-refractivity contribution in [1.82, 2.24) is 4.31 Å². The largest absolute Gasteiger partial charge is 0.418 e. The summed E-state index contributed by atoms with van der Waals surface area (Å²) in [6, 6.07) is 11.0. The van der Waals surface area contributed by atoms with Crippen LogP contribution in [0, 0.1) is 0 Å². The van der Waals surface area contributed by atoms with Crippen molar-refractivity contribution < 1.29 is 21.6 Å². The minimum Gasteiger partial charge on any atom is -0.355 e. The first kappa shape index (κ1) is 18.1. The Hall–Kier alpha value is -2.26. The Morgan fingerprint density at radius 3 is 2.00 bits per heavy atom. The molecule has 0 aromatic heterocycles. The number of nitrogens with one attached hydrogen (secondary N) is 2. The maximum Gasteiger partial charge on any atom is 0.418 e. The van der Waals surface area contributed by atoms with Gasteiger partial charge >= 0.3 is 16.4 Å². The van der Waals surface area contributed by atoms with Crippen LogP contribution in [0.1, 0.15) is 5.56 Å². The highest BCUT2D eigenvalue weighted by molar-refractivity contribution is 7.90. The van der Waals surface area contributed by atoms with Gasteiger partial charge < -0.3 is 5.32 Å². The second-order valence-electron chi connectivity index (χ2n) is 5.14. The average Bonchev–Trinajstić information content (AvgIpc) is 2.48. The van der Waals surface area contributed by atoms with Crippen molar-refractivity contribution in [2.75, 3.05) is 24.1 Å². The van der Waals surface area contributed by atoms with E-state index >= 15 is 0 Å². The maximum absolute atomic E-state index is 13.0. The summed E-state index contributed by atoms with van der Waals surface area (Å²) in [5.74, 6) is 0. The molecule has 0 heterocycles. The van der Waals surface area contributed by atoms with Gasteiger partial charge in [0, 0.05) is 25.5 Å². The van der Waals surface area contributed by atoms with E-state index in [1.165, 1.54) is 56.6 Å². The van der Waals surface area contributed by atoms with E-state index in [0.29, 0.717) is 11.4 Å². The van der Waals surface area contributed by atoms with E-state index in [1.807, 2.05) is 0 Å². The van der Waals surface area contributed by atoms with Crippen molar-refractivity contribution in [3.05, 3.63) is 54.1 Å². The maximum atomic E-state index is 13.0. The smallest absolute Gasteiger partial charge is 0.355 e. The van der Waals surface area contributed by atoms with Crippen molar-refractivity contribution in [2.24, 2.45) is 0 Å². The third-order valence-electron chi connectivity index (χ3n) is 3.12. The van der Waals surface area contributed by atoms with E-state index in [1.54, 1.807) is 0 Å². The molecule has 0 bridgehead atoms. The van der Waals surface area contributed by atoms with Crippen LogP contribution in [-0.2, 0) is 16.4 Å². The molecule has 5 nitrogen and oxygen atoms in total. The molecule has 130 valence electrons. The summed E-state index contributed by atoms with van der Waals surface area (Å²) in [5, 5.41) is 2.68. The Morgan fingerprint density at radius 2 is 1.46 bits per heavy atom. The zero-order chi connectivity index (χ0) is 18.0. The number of hydrogen-bond donors (Lipinski definition) is 2. The minimum atomic E-state index is -4.47. The molecule has 0 aliphatic rings. The number of rotatable bonds is 5. The van der Waals surface area contributed by atoms with Gasteiger partial charge in [0.1, 0.15) is 0 Å². The van der Waals surface area contributed by atoms with E-state index in [-0.39, 0.29) is 5.69 Å². The number of alkyl halides is 3. The van der Waals surface area contributed by atoms with Gasteiger partial charge in [0.15, 0.2) is 0 Å². The Balaban J connectivity index is 2.19. The summed E-state index contributed by atoms with van der Waals surface area (Å²) in [4.78, 5) is 0. The highest BCUT2D eigenvalue weighted by atomic mass is 32.2. The number of nitrogens with zero attached hydrogens (tertiary/aromatic N) is 1. The number of halogens is 3. The van der Waals surface area contributed by atoms with Crippen LogP contribution in [0.25, 0.3) is 0 Å². The van der Waals surface area contributed by atoms with Crippen LogP contribution in [-0.4, -0.2) is 26.8 Å². The van der Waals surface area contributed by atoms with Gasteiger partial charge in [-0.05, 0) is 36.4 Å². The second-order valence-corrected chi connectivity index (χ2v) is 7.02. The van der Waals surface area contributed by atoms with Crippen LogP contribution in [0.5, 0.6) is 0 Å². The molecule has 0 radical (unpaired) electrons. The van der Waals surface area contributed by atoms with Crippen molar-refractivity contribution in [1.29, 1.82) is 0 Å². The number of para-hydroxylation sites is 1. The van der Waals surface area contributed by atoms with Gasteiger partial charge in [0.2, 0.25) is 0 Å². The van der Waals surface area contributed by atoms with E-state index in [4.69, 9.17) is 0 Å². The van der Waals surface area contributed by atoms with Crippen molar-refractivity contribution in [2.45, 2.75) is 6.18 Å². The molecule has 0 fully saturated rings. The lowest BCUT2D eigenvalue weighted by molar-refractivity contribution is -0.136. The third-order valence-corrected chi connectivity index (χ3v) is 4.58. The summed E-state index contributed by atoms with van der Waals surface area (Å²) in [6.07, 6.45) is -4.47. The van der Waals surface area contributed by atoms with Gasteiger partial charge in [-0.25, -0.2) is 0 Å². The lowest BCUT2D eigenvalue weighted by Crippen LogP contribution is -2.28. The predicted molar refractivity (Wildman–Crippen MR) is 87.4 cm³/mol. The molecule has 9 heteroatoms. The average molecular weight is 359 g/mol. The molecule has 24 heavy (non-hydrogen) atoms. The first-order valence-corrected chi connectivity index (χ1v) is 8.27. The monoisotopic (exact) mass is 359 g/mol. The van der Waals surface area contributed by atoms with E-state index in [0.717, 1.165) is 10.4 Å². The second kappa shape index (κ2) is 6.70. The van der Waals surface area contributed by atoms with Crippen molar-refractivity contribution in [3.63, 3.8) is 0 Å². The quantitative estimate of drug-likeness (QED) is 0.856. The Labute approximate surface area is 138 Å². The Morgan fingerprint density at radius 1 is 0.917 bits per heavy atom. The number of anilines is 3. The molecule has 0 saturated carbocycles. The summed E-state index contributed by atoms with van der Waals surface area (Å²) >= 11 is 0. The predicted octanol–water partition coefficient (Wildman–Crippen LogP) is 3.67. The van der Waals surface area contributed by atoms with Crippen LogP contribution in [0.4, 0.5) is 30.2 Å². The zero-order valence-electron chi connectivity index (χ0n) is 12.9. The highest BCUT2D eigenvalue weighted by Gasteiger charge is 2.33. The molecule has 2 N–H and O–H groups in total. The lowest BCUT2D eigenvalue weighted by Gasteiger charge is -2.15. The molecule has 0 amide bonds. The van der Waals surface area contributed by atoms with Gasteiger partial charge in [-0.1, -0.05) is 12.1 Å². The van der Waals surface area contributed by atoms with E-state index < -0.39 is 21.9 Å². The van der Waals surface area contributed by atoms with Crippen molar-refractivity contribution in [3.8, 4) is 0 Å². The van der Waals surface area contributed by atoms with Gasteiger partial charge in [-0.2, -0.15) is 25.9 Å². The topological polar surface area (TPSA) is 61.4 Å². The third kappa shape index (κ3) is 4.39. The van der Waals surface area contributed by atoms with E-state index in [9.17, 15) is 21.6 Å². The molecule has 0 saturated heterocycles. The molecule has 2 rings (SSSR count). The van der Waals surface area contributed by atoms with Gasteiger partial charge in [0.25, 0.3) is 0 Å². The minimum absolute atomic E-state index is 0.0772. The van der Waals surface area contributed by atoms with Gasteiger partial charge in [-0.3, -0.25) is 4.72 Å². The molecular formula is C15H16F3N3O2S.